The Bertz CT molecular complexity index is 634. The molecule has 3 rings (SSSR count). The van der Waals surface area contributed by atoms with Crippen molar-refractivity contribution in [3.05, 3.63) is 64.6 Å². The van der Waals surface area contributed by atoms with Gasteiger partial charge in [-0.3, -0.25) is 0 Å². The van der Waals surface area contributed by atoms with Gasteiger partial charge in [-0.25, -0.2) is 0 Å². The van der Waals surface area contributed by atoms with Crippen LogP contribution in [0, 0.1) is 0 Å². The van der Waals surface area contributed by atoms with E-state index in [1.54, 1.807) is 0 Å². The van der Waals surface area contributed by atoms with Crippen LogP contribution in [0.2, 0.25) is 0 Å². The van der Waals surface area contributed by atoms with Gasteiger partial charge in [-0.1, -0.05) is 59.1 Å². The highest BCUT2D eigenvalue weighted by Gasteiger charge is 2.35. The fourth-order valence-electron chi connectivity index (χ4n) is 3.13. The van der Waals surface area contributed by atoms with E-state index in [9.17, 15) is 0 Å². The van der Waals surface area contributed by atoms with E-state index in [4.69, 9.17) is 12.2 Å². The predicted octanol–water partition coefficient (Wildman–Crippen LogP) is 5.21. The van der Waals surface area contributed by atoms with Crippen LogP contribution in [0.25, 0.3) is 0 Å². The number of benzene rings is 2. The van der Waals surface area contributed by atoms with E-state index >= 15 is 0 Å². The minimum absolute atomic E-state index is 0.0271. The van der Waals surface area contributed by atoms with Gasteiger partial charge < -0.3 is 10.6 Å². The van der Waals surface area contributed by atoms with Gasteiger partial charge in [-0.15, -0.1) is 0 Å². The summed E-state index contributed by atoms with van der Waals surface area (Å²) in [7, 11) is 0. The Morgan fingerprint density at radius 1 is 0.955 bits per heavy atom. The van der Waals surface area contributed by atoms with Crippen molar-refractivity contribution in [3.63, 3.8) is 0 Å². The van der Waals surface area contributed by atoms with Crippen LogP contribution >= 0.6 is 28.1 Å². The van der Waals surface area contributed by atoms with Crippen molar-refractivity contribution >= 4 is 38.9 Å². The summed E-state index contributed by atoms with van der Waals surface area (Å²) >= 11 is 8.99. The number of thiocarbonyl (C=S) groups is 1. The lowest BCUT2D eigenvalue weighted by Crippen LogP contribution is -2.45. The molecular weight excluding hydrogens is 356 g/mol. The van der Waals surface area contributed by atoms with Crippen LogP contribution in [0.5, 0.6) is 0 Å². The number of rotatable bonds is 3. The normalized spacial score (nSPS) is 16.2. The van der Waals surface area contributed by atoms with Gasteiger partial charge in [0.2, 0.25) is 0 Å². The summed E-state index contributed by atoms with van der Waals surface area (Å²) in [5.41, 5.74) is 2.30. The van der Waals surface area contributed by atoms with E-state index in [-0.39, 0.29) is 5.54 Å². The van der Waals surface area contributed by atoms with E-state index in [0.29, 0.717) is 5.11 Å². The van der Waals surface area contributed by atoms with Crippen molar-refractivity contribution in [1.82, 2.24) is 5.32 Å². The summed E-state index contributed by atoms with van der Waals surface area (Å²) in [5.74, 6) is 0. The third kappa shape index (κ3) is 3.50. The Kier molecular flexibility index (Phi) is 4.79. The topological polar surface area (TPSA) is 24.1 Å². The zero-order valence-electron chi connectivity index (χ0n) is 12.3. The molecule has 114 valence electrons. The Balaban J connectivity index is 1.74. The second kappa shape index (κ2) is 6.80. The van der Waals surface area contributed by atoms with Gasteiger partial charge >= 0.3 is 0 Å². The van der Waals surface area contributed by atoms with Gasteiger partial charge in [-0.2, -0.15) is 0 Å². The molecule has 1 saturated carbocycles. The van der Waals surface area contributed by atoms with Crippen LogP contribution in [0.1, 0.15) is 31.2 Å². The lowest BCUT2D eigenvalue weighted by molar-refractivity contribution is 0.408. The molecule has 0 aliphatic heterocycles. The lowest BCUT2D eigenvalue weighted by atomic mass is 9.88. The molecule has 0 radical (unpaired) electrons. The molecule has 2 aromatic rings. The first-order chi connectivity index (χ1) is 10.7. The van der Waals surface area contributed by atoms with E-state index in [1.807, 2.05) is 24.3 Å². The molecule has 4 heteroatoms. The monoisotopic (exact) mass is 374 g/mol. The number of anilines is 1. The molecule has 1 aliphatic carbocycles. The number of hydrogen-bond acceptors (Lipinski definition) is 1. The first-order valence-corrected chi connectivity index (χ1v) is 8.78. The molecular formula is C18H19BrN2S. The second-order valence-corrected chi connectivity index (χ2v) is 7.07. The fraction of sp³-hybridized carbons (Fsp3) is 0.278. The Hall–Kier alpha value is -1.39. The van der Waals surface area contributed by atoms with Gasteiger partial charge in [0.1, 0.15) is 0 Å². The minimum atomic E-state index is -0.0271. The van der Waals surface area contributed by atoms with E-state index < -0.39 is 0 Å². The van der Waals surface area contributed by atoms with Crippen molar-refractivity contribution in [1.29, 1.82) is 0 Å². The van der Waals surface area contributed by atoms with Crippen molar-refractivity contribution in [3.8, 4) is 0 Å². The van der Waals surface area contributed by atoms with Crippen LogP contribution in [-0.2, 0) is 5.54 Å². The minimum Gasteiger partial charge on any atom is -0.353 e. The summed E-state index contributed by atoms with van der Waals surface area (Å²) in [4.78, 5) is 0. The van der Waals surface area contributed by atoms with Crippen molar-refractivity contribution in [2.45, 2.75) is 31.2 Å². The van der Waals surface area contributed by atoms with Crippen molar-refractivity contribution in [2.75, 3.05) is 5.32 Å². The number of hydrogen-bond donors (Lipinski definition) is 2. The largest absolute Gasteiger partial charge is 0.353 e. The van der Waals surface area contributed by atoms with Crippen molar-refractivity contribution < 1.29 is 0 Å². The maximum atomic E-state index is 5.54. The summed E-state index contributed by atoms with van der Waals surface area (Å²) in [6.45, 7) is 0. The van der Waals surface area contributed by atoms with Gasteiger partial charge in [0.15, 0.2) is 5.11 Å². The molecule has 1 aliphatic rings. The van der Waals surface area contributed by atoms with Crippen LogP contribution in [-0.4, -0.2) is 5.11 Å². The van der Waals surface area contributed by atoms with Crippen molar-refractivity contribution in [2.24, 2.45) is 0 Å². The lowest BCUT2D eigenvalue weighted by Gasteiger charge is -2.32. The third-order valence-electron chi connectivity index (χ3n) is 4.24. The first kappa shape index (κ1) is 15.5. The van der Waals surface area contributed by atoms with Gasteiger partial charge in [0, 0.05) is 10.2 Å². The van der Waals surface area contributed by atoms with E-state index in [1.165, 1.54) is 18.4 Å². The molecule has 0 spiro atoms. The summed E-state index contributed by atoms with van der Waals surface area (Å²) in [6.07, 6.45) is 4.73. The summed E-state index contributed by atoms with van der Waals surface area (Å²) in [5, 5.41) is 7.56. The maximum Gasteiger partial charge on any atom is 0.171 e. The van der Waals surface area contributed by atoms with Crippen LogP contribution in [0.4, 0.5) is 5.69 Å². The van der Waals surface area contributed by atoms with Gasteiger partial charge in [0.25, 0.3) is 0 Å². The van der Waals surface area contributed by atoms with Gasteiger partial charge in [0.05, 0.1) is 5.54 Å². The fourth-order valence-corrected chi connectivity index (χ4v) is 3.71. The maximum absolute atomic E-state index is 5.54. The highest BCUT2D eigenvalue weighted by molar-refractivity contribution is 9.10. The quantitative estimate of drug-likeness (QED) is 0.721. The molecule has 0 unspecified atom stereocenters. The van der Waals surface area contributed by atoms with Crippen LogP contribution in [0.15, 0.2) is 59.1 Å². The highest BCUT2D eigenvalue weighted by atomic mass is 79.9. The average Bonchev–Trinajstić information content (AvgIpc) is 3.00. The zero-order valence-corrected chi connectivity index (χ0v) is 14.7. The predicted molar refractivity (Wildman–Crippen MR) is 100 cm³/mol. The molecule has 0 atom stereocenters. The molecule has 2 aromatic carbocycles. The number of nitrogens with one attached hydrogen (secondary N) is 2. The Labute approximate surface area is 145 Å². The third-order valence-corrected chi connectivity index (χ3v) is 4.97. The zero-order chi connectivity index (χ0) is 15.4. The Morgan fingerprint density at radius 3 is 2.23 bits per heavy atom. The molecule has 0 heterocycles. The molecule has 0 saturated heterocycles. The molecule has 22 heavy (non-hydrogen) atoms. The standard InChI is InChI=1S/C18H19BrN2S/c19-15-8-10-16(11-9-15)20-17(22)21-18(12-4-5-13-18)14-6-2-1-3-7-14/h1-3,6-11H,4-5,12-13H2,(H2,20,21,22). The number of halogens is 1. The van der Waals surface area contributed by atoms with E-state index in [2.05, 4.69) is 56.9 Å². The molecule has 1 fully saturated rings. The van der Waals surface area contributed by atoms with Gasteiger partial charge in [-0.05, 0) is 54.9 Å². The smallest absolute Gasteiger partial charge is 0.171 e. The Morgan fingerprint density at radius 2 is 1.59 bits per heavy atom. The molecule has 0 amide bonds. The van der Waals surface area contributed by atoms with E-state index in [0.717, 1.165) is 23.0 Å². The van der Waals surface area contributed by atoms with Crippen LogP contribution < -0.4 is 10.6 Å². The molecule has 0 bridgehead atoms. The average molecular weight is 375 g/mol. The second-order valence-electron chi connectivity index (χ2n) is 5.74. The van der Waals surface area contributed by atoms with Crippen LogP contribution in [0.3, 0.4) is 0 Å². The molecule has 0 aromatic heterocycles. The first-order valence-electron chi connectivity index (χ1n) is 7.58. The highest BCUT2D eigenvalue weighted by Crippen LogP contribution is 2.38. The SMILES string of the molecule is S=C(Nc1ccc(Br)cc1)NC1(c2ccccc2)CCCC1. The summed E-state index contributed by atoms with van der Waals surface area (Å²) in [6, 6.07) is 18.7. The molecule has 2 nitrogen and oxygen atoms in total. The molecule has 2 N–H and O–H groups in total. The summed E-state index contributed by atoms with van der Waals surface area (Å²) < 4.78 is 1.06.